The fourth-order valence-electron chi connectivity index (χ4n) is 3.23. The van der Waals surface area contributed by atoms with Gasteiger partial charge in [0.2, 0.25) is 5.91 Å². The summed E-state index contributed by atoms with van der Waals surface area (Å²) in [5.74, 6) is -0.252. The Kier molecular flexibility index (Phi) is 5.32. The Balaban J connectivity index is 1.88. The van der Waals surface area contributed by atoms with Crippen molar-refractivity contribution < 1.29 is 19.1 Å². The van der Waals surface area contributed by atoms with E-state index in [2.05, 4.69) is 15.9 Å². The number of hydrogen-bond donors (Lipinski definition) is 0. The highest BCUT2D eigenvalue weighted by molar-refractivity contribution is 9.10. The molecule has 0 radical (unpaired) electrons. The summed E-state index contributed by atoms with van der Waals surface area (Å²) in [6.07, 6.45) is -1.08. The summed E-state index contributed by atoms with van der Waals surface area (Å²) in [5, 5.41) is 0. The zero-order chi connectivity index (χ0) is 18.8. The van der Waals surface area contributed by atoms with Crippen LogP contribution in [0.1, 0.15) is 37.0 Å². The van der Waals surface area contributed by atoms with Gasteiger partial charge in [0.25, 0.3) is 0 Å². The lowest BCUT2D eigenvalue weighted by Crippen LogP contribution is -2.40. The molecule has 0 N–H and O–H groups in total. The van der Waals surface area contributed by atoms with Crippen LogP contribution < -0.4 is 4.74 Å². The second-order valence-corrected chi connectivity index (χ2v) is 7.19. The maximum Gasteiger partial charge on any atom is 0.417 e. The Hall–Kier alpha value is -2.34. The Morgan fingerprint density at radius 3 is 2.58 bits per heavy atom. The third kappa shape index (κ3) is 3.33. The minimum Gasteiger partial charge on any atom is -0.496 e. The number of rotatable bonds is 4. The summed E-state index contributed by atoms with van der Waals surface area (Å²) in [4.78, 5) is 26.7. The highest BCUT2D eigenvalue weighted by atomic mass is 79.9. The first kappa shape index (κ1) is 18.5. The van der Waals surface area contributed by atoms with Crippen molar-refractivity contribution in [2.45, 2.75) is 31.9 Å². The van der Waals surface area contributed by atoms with Crippen LogP contribution >= 0.6 is 15.9 Å². The minimum absolute atomic E-state index is 0.308. The zero-order valence-electron chi connectivity index (χ0n) is 14.8. The van der Waals surface area contributed by atoms with E-state index < -0.39 is 24.2 Å². The van der Waals surface area contributed by atoms with E-state index >= 15 is 0 Å². The molecule has 1 heterocycles. The molecule has 2 aromatic rings. The van der Waals surface area contributed by atoms with Gasteiger partial charge in [-0.25, -0.2) is 9.69 Å². The van der Waals surface area contributed by atoms with Crippen LogP contribution in [0.15, 0.2) is 53.0 Å². The maximum absolute atomic E-state index is 13.1. The molecule has 136 valence electrons. The SMILES string of the molecule is COc1ccc(Br)cc1[C@@H](C)C(=O)N1C(=O)O[C@@H](c2ccccc2)[C@H]1C. The lowest BCUT2D eigenvalue weighted by molar-refractivity contribution is -0.130. The van der Waals surface area contributed by atoms with E-state index in [0.717, 1.165) is 15.6 Å². The van der Waals surface area contributed by atoms with Crippen molar-refractivity contribution in [2.24, 2.45) is 0 Å². The molecule has 1 saturated heterocycles. The maximum atomic E-state index is 13.1. The van der Waals surface area contributed by atoms with Crippen molar-refractivity contribution in [2.75, 3.05) is 7.11 Å². The standard InChI is InChI=1S/C20H20BrNO4/c1-12(16-11-15(21)9-10-17(16)25-3)19(23)22-13(2)18(26-20(22)24)14-7-5-4-6-8-14/h4-13,18H,1-3H3/t12-,13-,18-/m1/s1. The molecule has 0 unspecified atom stereocenters. The smallest absolute Gasteiger partial charge is 0.417 e. The molecule has 1 aliphatic heterocycles. The predicted molar refractivity (Wildman–Crippen MR) is 101 cm³/mol. The van der Waals surface area contributed by atoms with Crippen LogP contribution in [0.2, 0.25) is 0 Å². The first-order valence-corrected chi connectivity index (χ1v) is 9.15. The topological polar surface area (TPSA) is 55.8 Å². The van der Waals surface area contributed by atoms with Crippen LogP contribution in [0, 0.1) is 0 Å². The number of halogens is 1. The fourth-order valence-corrected chi connectivity index (χ4v) is 3.61. The highest BCUT2D eigenvalue weighted by Crippen LogP contribution is 2.36. The molecule has 2 amide bonds. The number of cyclic esters (lactones) is 1. The van der Waals surface area contributed by atoms with Crippen LogP contribution in [-0.4, -0.2) is 30.1 Å². The summed E-state index contributed by atoms with van der Waals surface area (Å²) in [5.41, 5.74) is 1.59. The molecule has 0 aromatic heterocycles. The highest BCUT2D eigenvalue weighted by Gasteiger charge is 2.45. The number of carbonyl (C=O) groups excluding carboxylic acids is 2. The van der Waals surface area contributed by atoms with Crippen LogP contribution in [0.4, 0.5) is 4.79 Å². The molecule has 1 aliphatic rings. The monoisotopic (exact) mass is 417 g/mol. The summed E-state index contributed by atoms with van der Waals surface area (Å²) in [6.45, 7) is 3.59. The number of methoxy groups -OCH3 is 1. The molecule has 2 aromatic carbocycles. The molecule has 26 heavy (non-hydrogen) atoms. The van der Waals surface area contributed by atoms with E-state index in [4.69, 9.17) is 9.47 Å². The van der Waals surface area contributed by atoms with E-state index in [-0.39, 0.29) is 5.91 Å². The number of amides is 2. The van der Waals surface area contributed by atoms with Gasteiger partial charge in [-0.05, 0) is 37.6 Å². The Labute approximate surface area is 161 Å². The van der Waals surface area contributed by atoms with Gasteiger partial charge in [-0.3, -0.25) is 4.79 Å². The quantitative estimate of drug-likeness (QED) is 0.724. The molecule has 3 rings (SSSR count). The third-order valence-corrected chi connectivity index (χ3v) is 5.16. The van der Waals surface area contributed by atoms with Gasteiger partial charge >= 0.3 is 6.09 Å². The predicted octanol–water partition coefficient (Wildman–Crippen LogP) is 4.67. The molecule has 0 bridgehead atoms. The third-order valence-electron chi connectivity index (χ3n) is 4.66. The molecular formula is C20H20BrNO4. The van der Waals surface area contributed by atoms with E-state index in [1.165, 1.54) is 4.90 Å². The van der Waals surface area contributed by atoms with Crippen molar-refractivity contribution in [3.8, 4) is 5.75 Å². The lowest BCUT2D eigenvalue weighted by Gasteiger charge is -2.23. The van der Waals surface area contributed by atoms with Crippen LogP contribution in [0.25, 0.3) is 0 Å². The number of ether oxygens (including phenoxy) is 2. The van der Waals surface area contributed by atoms with E-state index in [0.29, 0.717) is 5.75 Å². The summed E-state index contributed by atoms with van der Waals surface area (Å²) in [7, 11) is 1.56. The zero-order valence-corrected chi connectivity index (χ0v) is 16.4. The molecule has 0 aliphatic carbocycles. The normalized spacial score (nSPS) is 20.6. The number of imide groups is 1. The largest absolute Gasteiger partial charge is 0.496 e. The van der Waals surface area contributed by atoms with Crippen molar-refractivity contribution >= 4 is 27.9 Å². The van der Waals surface area contributed by atoms with E-state index in [1.54, 1.807) is 20.1 Å². The summed E-state index contributed by atoms with van der Waals surface area (Å²) in [6, 6.07) is 14.5. The van der Waals surface area contributed by atoms with Crippen molar-refractivity contribution in [1.82, 2.24) is 4.90 Å². The number of nitrogens with zero attached hydrogens (tertiary/aromatic N) is 1. The molecule has 0 saturated carbocycles. The number of benzene rings is 2. The van der Waals surface area contributed by atoms with Gasteiger partial charge in [0.1, 0.15) is 11.9 Å². The molecular weight excluding hydrogens is 398 g/mol. The van der Waals surface area contributed by atoms with Gasteiger partial charge in [-0.1, -0.05) is 46.3 Å². The van der Waals surface area contributed by atoms with Crippen LogP contribution in [-0.2, 0) is 9.53 Å². The Bertz CT molecular complexity index is 824. The number of hydrogen-bond acceptors (Lipinski definition) is 4. The van der Waals surface area contributed by atoms with Gasteiger partial charge in [0, 0.05) is 10.0 Å². The van der Waals surface area contributed by atoms with Gasteiger partial charge in [-0.2, -0.15) is 0 Å². The minimum atomic E-state index is -0.614. The first-order chi connectivity index (χ1) is 12.4. The van der Waals surface area contributed by atoms with Crippen LogP contribution in [0.3, 0.4) is 0 Å². The van der Waals surface area contributed by atoms with E-state index in [9.17, 15) is 9.59 Å². The average molecular weight is 418 g/mol. The van der Waals surface area contributed by atoms with Gasteiger partial charge in [0.05, 0.1) is 19.1 Å². The number of carbonyl (C=O) groups is 2. The fraction of sp³-hybridized carbons (Fsp3) is 0.300. The summed E-state index contributed by atoms with van der Waals surface area (Å²) < 4.78 is 11.7. The second kappa shape index (κ2) is 7.50. The van der Waals surface area contributed by atoms with Crippen LogP contribution in [0.5, 0.6) is 5.75 Å². The van der Waals surface area contributed by atoms with Gasteiger partial charge in [0.15, 0.2) is 0 Å². The van der Waals surface area contributed by atoms with Gasteiger partial charge < -0.3 is 9.47 Å². The van der Waals surface area contributed by atoms with Crippen molar-refractivity contribution in [1.29, 1.82) is 0 Å². The summed E-state index contributed by atoms with van der Waals surface area (Å²) >= 11 is 3.42. The Morgan fingerprint density at radius 2 is 1.92 bits per heavy atom. The average Bonchev–Trinajstić information content (AvgIpc) is 2.95. The lowest BCUT2D eigenvalue weighted by atomic mass is 9.97. The second-order valence-electron chi connectivity index (χ2n) is 6.27. The molecule has 1 fully saturated rings. The van der Waals surface area contributed by atoms with Crippen molar-refractivity contribution in [3.05, 3.63) is 64.1 Å². The molecule has 5 nitrogen and oxygen atoms in total. The van der Waals surface area contributed by atoms with E-state index in [1.807, 2.05) is 49.4 Å². The molecule has 6 heteroatoms. The van der Waals surface area contributed by atoms with Crippen molar-refractivity contribution in [3.63, 3.8) is 0 Å². The Morgan fingerprint density at radius 1 is 1.23 bits per heavy atom. The first-order valence-electron chi connectivity index (χ1n) is 8.36. The molecule has 3 atom stereocenters. The van der Waals surface area contributed by atoms with Gasteiger partial charge in [-0.15, -0.1) is 0 Å². The molecule has 0 spiro atoms.